The van der Waals surface area contributed by atoms with Crippen molar-refractivity contribution in [3.8, 4) is 12.0 Å². The number of anilines is 3. The Morgan fingerprint density at radius 2 is 1.77 bits per heavy atom. The number of hydrogen-bond donors (Lipinski definition) is 2. The molecular weight excluding hydrogens is 328 g/mol. The molecule has 8 nitrogen and oxygen atoms in total. The van der Waals surface area contributed by atoms with E-state index in [-0.39, 0.29) is 5.95 Å². The average molecular weight is 342 g/mol. The number of nitriles is 1. The lowest BCUT2D eigenvalue weighted by Crippen LogP contribution is -2.10. The van der Waals surface area contributed by atoms with Crippen molar-refractivity contribution in [2.75, 3.05) is 11.1 Å². The van der Waals surface area contributed by atoms with Crippen molar-refractivity contribution < 1.29 is 0 Å². The third kappa shape index (κ3) is 2.78. The van der Waals surface area contributed by atoms with Crippen molar-refractivity contribution in [1.82, 2.24) is 24.5 Å². The molecule has 0 aliphatic rings. The Hall–Kier alpha value is -3.99. The first-order chi connectivity index (χ1) is 12.6. The van der Waals surface area contributed by atoms with Gasteiger partial charge in [-0.3, -0.25) is 4.57 Å². The molecule has 0 atom stereocenters. The molecule has 26 heavy (non-hydrogen) atoms. The van der Waals surface area contributed by atoms with Crippen LogP contribution in [0.3, 0.4) is 0 Å². The van der Waals surface area contributed by atoms with E-state index in [0.717, 1.165) is 22.5 Å². The van der Waals surface area contributed by atoms with Gasteiger partial charge < -0.3 is 11.1 Å². The van der Waals surface area contributed by atoms with Gasteiger partial charge in [-0.25, -0.2) is 4.98 Å². The van der Waals surface area contributed by atoms with Crippen molar-refractivity contribution in [3.05, 3.63) is 59.9 Å². The second kappa shape index (κ2) is 6.14. The van der Waals surface area contributed by atoms with Crippen LogP contribution in [-0.4, -0.2) is 24.5 Å². The highest BCUT2D eigenvalue weighted by Gasteiger charge is 2.13. The van der Waals surface area contributed by atoms with Gasteiger partial charge in [-0.05, 0) is 43.3 Å². The molecule has 0 unspecified atom stereocenters. The number of nitrogen functional groups attached to an aromatic ring is 1. The summed E-state index contributed by atoms with van der Waals surface area (Å²) in [5.74, 6) is 1.55. The Kier molecular flexibility index (Phi) is 3.67. The molecule has 0 bridgehead atoms. The fourth-order valence-electron chi connectivity index (χ4n) is 2.69. The zero-order valence-electron chi connectivity index (χ0n) is 13.9. The Morgan fingerprint density at radius 1 is 1.00 bits per heavy atom. The Bertz CT molecular complexity index is 1140. The van der Waals surface area contributed by atoms with Gasteiger partial charge in [0.15, 0.2) is 0 Å². The van der Waals surface area contributed by atoms with Crippen LogP contribution in [0.2, 0.25) is 0 Å². The minimum Gasteiger partial charge on any atom is -0.368 e. The van der Waals surface area contributed by atoms with E-state index >= 15 is 0 Å². The largest absolute Gasteiger partial charge is 0.368 e. The van der Waals surface area contributed by atoms with Crippen molar-refractivity contribution >= 4 is 28.6 Å². The summed E-state index contributed by atoms with van der Waals surface area (Å²) < 4.78 is 1.83. The second-order valence-electron chi connectivity index (χ2n) is 5.61. The number of hydrogen-bond acceptors (Lipinski definition) is 7. The molecule has 0 spiro atoms. The van der Waals surface area contributed by atoms with Gasteiger partial charge in [0.25, 0.3) is 0 Å². The Balaban J connectivity index is 1.76. The monoisotopic (exact) mass is 342 g/mol. The molecule has 0 aliphatic carbocycles. The van der Waals surface area contributed by atoms with Gasteiger partial charge in [0, 0.05) is 5.69 Å². The third-order valence-corrected chi connectivity index (χ3v) is 3.84. The summed E-state index contributed by atoms with van der Waals surface area (Å²) in [6.45, 7) is 1.88. The zero-order chi connectivity index (χ0) is 18.1. The molecule has 0 saturated carbocycles. The lowest BCUT2D eigenvalue weighted by Gasteiger charge is -2.09. The molecule has 126 valence electrons. The molecule has 2 aromatic carbocycles. The van der Waals surface area contributed by atoms with E-state index in [2.05, 4.69) is 31.3 Å². The highest BCUT2D eigenvalue weighted by atomic mass is 15.3. The van der Waals surface area contributed by atoms with E-state index in [1.54, 1.807) is 24.3 Å². The van der Waals surface area contributed by atoms with Gasteiger partial charge in [0.05, 0.1) is 22.7 Å². The summed E-state index contributed by atoms with van der Waals surface area (Å²) in [6, 6.07) is 16.8. The first kappa shape index (κ1) is 15.5. The van der Waals surface area contributed by atoms with Gasteiger partial charge >= 0.3 is 0 Å². The molecule has 4 rings (SSSR count). The van der Waals surface area contributed by atoms with E-state index < -0.39 is 0 Å². The van der Waals surface area contributed by atoms with Crippen molar-refractivity contribution in [2.24, 2.45) is 0 Å². The lowest BCUT2D eigenvalue weighted by atomic mass is 10.2. The maximum atomic E-state index is 8.88. The first-order valence-electron chi connectivity index (χ1n) is 7.87. The molecule has 4 aromatic rings. The molecule has 2 aromatic heterocycles. The van der Waals surface area contributed by atoms with Gasteiger partial charge in [-0.2, -0.15) is 20.2 Å². The summed E-state index contributed by atoms with van der Waals surface area (Å²) in [6.07, 6.45) is 0. The van der Waals surface area contributed by atoms with E-state index in [1.807, 2.05) is 35.8 Å². The van der Waals surface area contributed by atoms with Gasteiger partial charge in [0.2, 0.25) is 17.8 Å². The minimum absolute atomic E-state index is 0.100. The van der Waals surface area contributed by atoms with Crippen LogP contribution in [0, 0.1) is 18.3 Å². The van der Waals surface area contributed by atoms with Crippen LogP contribution in [0.25, 0.3) is 17.0 Å². The van der Waals surface area contributed by atoms with Crippen molar-refractivity contribution in [1.29, 1.82) is 5.26 Å². The molecule has 0 amide bonds. The van der Waals surface area contributed by atoms with Gasteiger partial charge in [0.1, 0.15) is 5.82 Å². The average Bonchev–Trinajstić information content (AvgIpc) is 2.97. The van der Waals surface area contributed by atoms with Gasteiger partial charge in [-0.15, -0.1) is 0 Å². The number of fused-ring (bicyclic) bond motifs is 1. The fraction of sp³-hybridized carbons (Fsp3) is 0.0556. The molecule has 0 fully saturated rings. The van der Waals surface area contributed by atoms with Crippen molar-refractivity contribution in [3.63, 3.8) is 0 Å². The smallest absolute Gasteiger partial charge is 0.242 e. The van der Waals surface area contributed by atoms with E-state index in [9.17, 15) is 0 Å². The number of rotatable bonds is 3. The number of aromatic nitrogens is 5. The molecule has 0 aliphatic heterocycles. The molecule has 2 heterocycles. The summed E-state index contributed by atoms with van der Waals surface area (Å²) in [5.41, 5.74) is 8.94. The molecule has 0 radical (unpaired) electrons. The zero-order valence-corrected chi connectivity index (χ0v) is 13.9. The molecule has 3 N–H and O–H groups in total. The second-order valence-corrected chi connectivity index (χ2v) is 5.61. The molecular formula is C18H14N8. The number of aryl methyl sites for hydroxylation is 1. The Morgan fingerprint density at radius 3 is 2.54 bits per heavy atom. The van der Waals surface area contributed by atoms with E-state index in [4.69, 9.17) is 11.0 Å². The van der Waals surface area contributed by atoms with E-state index in [1.165, 1.54) is 0 Å². The number of para-hydroxylation sites is 2. The number of nitrogens with zero attached hydrogens (tertiary/aromatic N) is 6. The summed E-state index contributed by atoms with van der Waals surface area (Å²) in [5, 5.41) is 12.0. The van der Waals surface area contributed by atoms with Crippen LogP contribution in [-0.2, 0) is 0 Å². The van der Waals surface area contributed by atoms with Crippen LogP contribution < -0.4 is 11.1 Å². The van der Waals surface area contributed by atoms with Crippen LogP contribution in [0.15, 0.2) is 48.5 Å². The first-order valence-corrected chi connectivity index (χ1v) is 7.87. The topological polar surface area (TPSA) is 118 Å². The van der Waals surface area contributed by atoms with Crippen LogP contribution in [0.4, 0.5) is 17.6 Å². The summed E-state index contributed by atoms with van der Waals surface area (Å²) >= 11 is 0. The molecule has 8 heteroatoms. The third-order valence-electron chi connectivity index (χ3n) is 3.84. The maximum absolute atomic E-state index is 8.88. The number of imidazole rings is 1. The van der Waals surface area contributed by atoms with Crippen LogP contribution in [0.1, 0.15) is 11.4 Å². The number of nitrogens with two attached hydrogens (primary N) is 1. The highest BCUT2D eigenvalue weighted by molar-refractivity contribution is 5.77. The standard InChI is InChI=1S/C18H14N8/c1-11-21-14-4-2-3-5-15(14)26(11)18-24-16(20)23-17(25-18)22-13-8-6-12(10-19)7-9-13/h2-9H,1H3,(H3,20,22,23,24,25). The van der Waals surface area contributed by atoms with Gasteiger partial charge in [-0.1, -0.05) is 12.1 Å². The van der Waals surface area contributed by atoms with Crippen LogP contribution in [0.5, 0.6) is 0 Å². The predicted octanol–water partition coefficient (Wildman–Crippen LogP) is 2.72. The number of nitrogens with one attached hydrogen (secondary N) is 1. The normalized spacial score (nSPS) is 10.6. The van der Waals surface area contributed by atoms with Crippen LogP contribution >= 0.6 is 0 Å². The fourth-order valence-corrected chi connectivity index (χ4v) is 2.69. The lowest BCUT2D eigenvalue weighted by molar-refractivity contribution is 0.890. The number of benzene rings is 2. The van der Waals surface area contributed by atoms with E-state index in [0.29, 0.717) is 17.5 Å². The minimum atomic E-state index is 0.100. The maximum Gasteiger partial charge on any atom is 0.242 e. The Labute approximate surface area is 149 Å². The quantitative estimate of drug-likeness (QED) is 0.587. The predicted molar refractivity (Wildman–Crippen MR) is 98.0 cm³/mol. The van der Waals surface area contributed by atoms with Crippen molar-refractivity contribution in [2.45, 2.75) is 6.92 Å². The SMILES string of the molecule is Cc1nc2ccccc2n1-c1nc(N)nc(Nc2ccc(C#N)cc2)n1. The highest BCUT2D eigenvalue weighted by Crippen LogP contribution is 2.21. The summed E-state index contributed by atoms with van der Waals surface area (Å²) in [4.78, 5) is 17.4. The molecule has 0 saturated heterocycles. The summed E-state index contributed by atoms with van der Waals surface area (Å²) in [7, 11) is 0.